The number of benzene rings is 1. The molecule has 18 heavy (non-hydrogen) atoms. The lowest BCUT2D eigenvalue weighted by Crippen LogP contribution is -2.31. The third-order valence-electron chi connectivity index (χ3n) is 3.45. The van der Waals surface area contributed by atoms with Gasteiger partial charge in [-0.15, -0.1) is 0 Å². The molecule has 1 amide bonds. The van der Waals surface area contributed by atoms with Gasteiger partial charge in [0.1, 0.15) is 5.75 Å². The van der Waals surface area contributed by atoms with Crippen molar-refractivity contribution in [3.05, 3.63) is 42.0 Å². The van der Waals surface area contributed by atoms with Crippen LogP contribution < -0.4 is 10.1 Å². The molecule has 1 aromatic carbocycles. The number of carbonyl (C=O) groups excluding carboxylic acids is 1. The van der Waals surface area contributed by atoms with Crippen molar-refractivity contribution >= 4 is 5.91 Å². The van der Waals surface area contributed by atoms with Crippen LogP contribution in [0.25, 0.3) is 0 Å². The minimum atomic E-state index is -0.0290. The van der Waals surface area contributed by atoms with Gasteiger partial charge in [0, 0.05) is 17.5 Å². The molecule has 96 valence electrons. The Hall–Kier alpha value is -1.77. The minimum Gasteiger partial charge on any atom is -0.496 e. The Balaban J connectivity index is 2.09. The molecule has 1 aliphatic carbocycles. The van der Waals surface area contributed by atoms with E-state index in [0.717, 1.165) is 18.6 Å². The number of carbonyl (C=O) groups is 1. The Kier molecular flexibility index (Phi) is 3.70. The number of methoxy groups -OCH3 is 1. The first kappa shape index (κ1) is 12.7. The summed E-state index contributed by atoms with van der Waals surface area (Å²) in [6, 6.07) is 8.05. The van der Waals surface area contributed by atoms with Crippen LogP contribution in [0.4, 0.5) is 0 Å². The summed E-state index contributed by atoms with van der Waals surface area (Å²) >= 11 is 0. The van der Waals surface area contributed by atoms with Crippen molar-refractivity contribution in [1.29, 1.82) is 0 Å². The molecule has 0 spiro atoms. The maximum Gasteiger partial charge on any atom is 0.243 e. The highest BCUT2D eigenvalue weighted by Crippen LogP contribution is 2.50. The molecule has 0 atom stereocenters. The molecule has 3 heteroatoms. The molecule has 1 aromatic rings. The maximum atomic E-state index is 11.5. The van der Waals surface area contributed by atoms with Crippen molar-refractivity contribution in [1.82, 2.24) is 5.32 Å². The topological polar surface area (TPSA) is 38.3 Å². The molecule has 2 rings (SSSR count). The average molecular weight is 245 g/mol. The standard InChI is InChI=1S/C15H19NO2/c1-3-6-14(17)16-11-15(9-10-15)12-7-4-5-8-13(12)18-2/h3-8H,9-11H2,1-2H3,(H,16,17)/b6-3+. The van der Waals surface area contributed by atoms with Crippen LogP contribution in [-0.2, 0) is 10.2 Å². The lowest BCUT2D eigenvalue weighted by atomic mass is 9.95. The minimum absolute atomic E-state index is 0.0290. The van der Waals surface area contributed by atoms with Crippen molar-refractivity contribution < 1.29 is 9.53 Å². The molecule has 1 fully saturated rings. The molecule has 0 aromatic heterocycles. The molecule has 1 N–H and O–H groups in total. The van der Waals surface area contributed by atoms with Crippen molar-refractivity contribution in [2.45, 2.75) is 25.2 Å². The van der Waals surface area contributed by atoms with Gasteiger partial charge in [0.25, 0.3) is 0 Å². The highest BCUT2D eigenvalue weighted by Gasteiger charge is 2.45. The SMILES string of the molecule is C/C=C/C(=O)NCC1(c2ccccc2OC)CC1. The molecule has 3 nitrogen and oxygen atoms in total. The highest BCUT2D eigenvalue weighted by atomic mass is 16.5. The molecule has 0 aliphatic heterocycles. The van der Waals surface area contributed by atoms with Gasteiger partial charge in [-0.3, -0.25) is 4.79 Å². The van der Waals surface area contributed by atoms with E-state index < -0.39 is 0 Å². The predicted molar refractivity (Wildman–Crippen MR) is 71.7 cm³/mol. The van der Waals surface area contributed by atoms with Crippen molar-refractivity contribution in [2.75, 3.05) is 13.7 Å². The summed E-state index contributed by atoms with van der Waals surface area (Å²) in [7, 11) is 1.69. The van der Waals surface area contributed by atoms with Gasteiger partial charge >= 0.3 is 0 Å². The van der Waals surface area contributed by atoms with Gasteiger partial charge in [-0.2, -0.15) is 0 Å². The fourth-order valence-electron chi connectivity index (χ4n) is 2.24. The number of hydrogen-bond acceptors (Lipinski definition) is 2. The molecule has 0 unspecified atom stereocenters. The van der Waals surface area contributed by atoms with Crippen molar-refractivity contribution in [3.63, 3.8) is 0 Å². The molecule has 0 radical (unpaired) electrons. The molecule has 1 saturated carbocycles. The van der Waals surface area contributed by atoms with E-state index in [4.69, 9.17) is 4.74 Å². The van der Waals surface area contributed by atoms with Gasteiger partial charge in [0.2, 0.25) is 5.91 Å². The second kappa shape index (κ2) is 5.25. The number of para-hydroxylation sites is 1. The Morgan fingerprint density at radius 3 is 2.78 bits per heavy atom. The third-order valence-corrected chi connectivity index (χ3v) is 3.45. The summed E-state index contributed by atoms with van der Waals surface area (Å²) in [5.41, 5.74) is 1.28. The maximum absolute atomic E-state index is 11.5. The van der Waals surface area contributed by atoms with E-state index in [1.807, 2.05) is 25.1 Å². The molecule has 0 bridgehead atoms. The van der Waals surface area contributed by atoms with Crippen molar-refractivity contribution in [3.8, 4) is 5.75 Å². The number of allylic oxidation sites excluding steroid dienone is 1. The Bertz CT molecular complexity index is 461. The first-order valence-electron chi connectivity index (χ1n) is 6.26. The Morgan fingerprint density at radius 2 is 2.17 bits per heavy atom. The van der Waals surface area contributed by atoms with Crippen LogP contribution in [0.3, 0.4) is 0 Å². The van der Waals surface area contributed by atoms with E-state index in [-0.39, 0.29) is 11.3 Å². The van der Waals surface area contributed by atoms with Crippen LogP contribution in [0, 0.1) is 0 Å². The number of ether oxygens (including phenoxy) is 1. The van der Waals surface area contributed by atoms with E-state index in [1.165, 1.54) is 5.56 Å². The fourth-order valence-corrected chi connectivity index (χ4v) is 2.24. The zero-order chi connectivity index (χ0) is 13.0. The van der Waals surface area contributed by atoms with E-state index in [9.17, 15) is 4.79 Å². The first-order valence-corrected chi connectivity index (χ1v) is 6.26. The van der Waals surface area contributed by atoms with Crippen LogP contribution in [-0.4, -0.2) is 19.6 Å². The molecule has 0 saturated heterocycles. The van der Waals surface area contributed by atoms with Crippen LogP contribution in [0.1, 0.15) is 25.3 Å². The molecule has 0 heterocycles. The first-order chi connectivity index (χ1) is 8.72. The zero-order valence-electron chi connectivity index (χ0n) is 10.9. The lowest BCUT2D eigenvalue weighted by molar-refractivity contribution is -0.116. The average Bonchev–Trinajstić information content (AvgIpc) is 3.18. The molecule has 1 aliphatic rings. The summed E-state index contributed by atoms with van der Waals surface area (Å²) in [5.74, 6) is 0.883. The van der Waals surface area contributed by atoms with Crippen LogP contribution in [0.15, 0.2) is 36.4 Å². The Morgan fingerprint density at radius 1 is 1.44 bits per heavy atom. The highest BCUT2D eigenvalue weighted by molar-refractivity contribution is 5.87. The van der Waals surface area contributed by atoms with Crippen LogP contribution in [0.5, 0.6) is 5.75 Å². The predicted octanol–water partition coefficient (Wildman–Crippen LogP) is 2.42. The smallest absolute Gasteiger partial charge is 0.243 e. The summed E-state index contributed by atoms with van der Waals surface area (Å²) in [4.78, 5) is 11.5. The van der Waals surface area contributed by atoms with Gasteiger partial charge in [-0.05, 0) is 31.9 Å². The van der Waals surface area contributed by atoms with Gasteiger partial charge in [-0.1, -0.05) is 24.3 Å². The van der Waals surface area contributed by atoms with Gasteiger partial charge in [0.15, 0.2) is 0 Å². The van der Waals surface area contributed by atoms with Crippen molar-refractivity contribution in [2.24, 2.45) is 0 Å². The van der Waals surface area contributed by atoms with Gasteiger partial charge < -0.3 is 10.1 Å². The van der Waals surface area contributed by atoms with E-state index >= 15 is 0 Å². The quantitative estimate of drug-likeness (QED) is 0.809. The normalized spacial score (nSPS) is 16.6. The summed E-state index contributed by atoms with van der Waals surface area (Å²) in [6.45, 7) is 2.52. The number of amides is 1. The van der Waals surface area contributed by atoms with E-state index in [2.05, 4.69) is 11.4 Å². The number of nitrogens with one attached hydrogen (secondary N) is 1. The zero-order valence-corrected chi connectivity index (χ0v) is 10.9. The van der Waals surface area contributed by atoms with Gasteiger partial charge in [-0.25, -0.2) is 0 Å². The van der Waals surface area contributed by atoms with Gasteiger partial charge in [0.05, 0.1) is 7.11 Å². The Labute approximate surface area is 108 Å². The summed E-state index contributed by atoms with van der Waals surface area (Å²) < 4.78 is 5.40. The lowest BCUT2D eigenvalue weighted by Gasteiger charge is -2.18. The fraction of sp³-hybridized carbons (Fsp3) is 0.400. The van der Waals surface area contributed by atoms with E-state index in [0.29, 0.717) is 6.54 Å². The third kappa shape index (κ3) is 2.55. The van der Waals surface area contributed by atoms with Crippen LogP contribution >= 0.6 is 0 Å². The largest absolute Gasteiger partial charge is 0.496 e. The number of hydrogen-bond donors (Lipinski definition) is 1. The second-order valence-corrected chi connectivity index (χ2v) is 4.70. The molecular weight excluding hydrogens is 226 g/mol. The summed E-state index contributed by atoms with van der Waals surface area (Å²) in [5, 5.41) is 2.95. The second-order valence-electron chi connectivity index (χ2n) is 4.70. The number of rotatable bonds is 5. The van der Waals surface area contributed by atoms with E-state index in [1.54, 1.807) is 19.3 Å². The summed E-state index contributed by atoms with van der Waals surface area (Å²) in [6.07, 6.45) is 5.50. The molecular formula is C15H19NO2. The monoisotopic (exact) mass is 245 g/mol. The van der Waals surface area contributed by atoms with Crippen LogP contribution in [0.2, 0.25) is 0 Å².